The quantitative estimate of drug-likeness (QED) is 0.578. The number of rotatable bonds is 8. The molecular formula is C22H23N3O3S. The molecule has 0 bridgehead atoms. The van der Waals surface area contributed by atoms with Crippen LogP contribution in [0.25, 0.3) is 16.3 Å². The molecular weight excluding hydrogens is 386 g/mol. The largest absolute Gasteiger partial charge is 0.497 e. The number of hydrogen-bond donors (Lipinski definition) is 1. The molecule has 1 heterocycles. The van der Waals surface area contributed by atoms with Gasteiger partial charge in [-0.15, -0.1) is 11.3 Å². The maximum atomic E-state index is 12.3. The van der Waals surface area contributed by atoms with Gasteiger partial charge in [0.2, 0.25) is 11.8 Å². The Hall–Kier alpha value is -3.19. The molecule has 6 nitrogen and oxygen atoms in total. The number of fused-ring (bicyclic) bond motifs is 1. The van der Waals surface area contributed by atoms with Crippen molar-refractivity contribution in [1.29, 1.82) is 0 Å². The van der Waals surface area contributed by atoms with Crippen LogP contribution in [0.5, 0.6) is 5.75 Å². The highest BCUT2D eigenvalue weighted by molar-refractivity contribution is 7.18. The maximum Gasteiger partial charge on any atom is 0.244 e. The summed E-state index contributed by atoms with van der Waals surface area (Å²) >= 11 is 1.59. The van der Waals surface area contributed by atoms with Crippen LogP contribution < -0.4 is 10.1 Å². The lowest BCUT2D eigenvalue weighted by atomic mass is 10.2. The zero-order valence-corrected chi connectivity index (χ0v) is 17.2. The number of carbonyl (C=O) groups is 2. The molecule has 0 aliphatic carbocycles. The van der Waals surface area contributed by atoms with E-state index < -0.39 is 0 Å². The minimum absolute atomic E-state index is 0.0382. The van der Waals surface area contributed by atoms with Gasteiger partial charge in [-0.3, -0.25) is 9.59 Å². The maximum absolute atomic E-state index is 12.3. The highest BCUT2D eigenvalue weighted by Crippen LogP contribution is 2.22. The fourth-order valence-electron chi connectivity index (χ4n) is 2.71. The minimum atomic E-state index is -0.234. The second kappa shape index (κ2) is 9.84. The van der Waals surface area contributed by atoms with E-state index in [1.807, 2.05) is 48.5 Å². The molecule has 150 valence electrons. The summed E-state index contributed by atoms with van der Waals surface area (Å²) in [7, 11) is 3.36. The van der Waals surface area contributed by atoms with Crippen molar-refractivity contribution in [1.82, 2.24) is 15.2 Å². The SMILES string of the molecule is COc1ccc(/C=C/C(=O)NCCC(=O)N(C)Cc2nc3ccccc3s2)cc1. The summed E-state index contributed by atoms with van der Waals surface area (Å²) in [6.45, 7) is 0.748. The van der Waals surface area contributed by atoms with Gasteiger partial charge in [0.05, 0.1) is 23.9 Å². The number of ether oxygens (including phenoxy) is 1. The van der Waals surface area contributed by atoms with E-state index in [0.29, 0.717) is 6.54 Å². The fraction of sp³-hybridized carbons (Fsp3) is 0.227. The first-order valence-electron chi connectivity index (χ1n) is 9.23. The first kappa shape index (κ1) is 20.5. The van der Waals surface area contributed by atoms with Crippen LogP contribution in [0.3, 0.4) is 0 Å². The number of benzene rings is 2. The Balaban J connectivity index is 1.42. The summed E-state index contributed by atoms with van der Waals surface area (Å²) in [6, 6.07) is 15.3. The number of nitrogens with one attached hydrogen (secondary N) is 1. The lowest BCUT2D eigenvalue weighted by Gasteiger charge is -2.15. The van der Waals surface area contributed by atoms with E-state index >= 15 is 0 Å². The molecule has 0 spiro atoms. The van der Waals surface area contributed by atoms with Crippen molar-refractivity contribution in [2.24, 2.45) is 0 Å². The average molecular weight is 410 g/mol. The number of para-hydroxylation sites is 1. The summed E-state index contributed by atoms with van der Waals surface area (Å²) in [5.41, 5.74) is 1.84. The van der Waals surface area contributed by atoms with Crippen LogP contribution in [0.2, 0.25) is 0 Å². The van der Waals surface area contributed by atoms with Gasteiger partial charge in [-0.2, -0.15) is 0 Å². The van der Waals surface area contributed by atoms with Crippen molar-refractivity contribution in [3.8, 4) is 5.75 Å². The normalized spacial score (nSPS) is 11.0. The Morgan fingerprint density at radius 3 is 2.66 bits per heavy atom. The van der Waals surface area contributed by atoms with E-state index in [2.05, 4.69) is 10.3 Å². The second-order valence-electron chi connectivity index (χ2n) is 6.47. The van der Waals surface area contributed by atoms with Crippen LogP contribution in [0.4, 0.5) is 0 Å². The molecule has 29 heavy (non-hydrogen) atoms. The van der Waals surface area contributed by atoms with Crippen LogP contribution in [0.1, 0.15) is 17.0 Å². The highest BCUT2D eigenvalue weighted by atomic mass is 32.1. The number of methoxy groups -OCH3 is 1. The van der Waals surface area contributed by atoms with Crippen LogP contribution >= 0.6 is 11.3 Å². The highest BCUT2D eigenvalue weighted by Gasteiger charge is 2.12. The molecule has 0 unspecified atom stereocenters. The molecule has 0 atom stereocenters. The number of hydrogen-bond acceptors (Lipinski definition) is 5. The molecule has 0 fully saturated rings. The molecule has 0 saturated carbocycles. The third kappa shape index (κ3) is 5.89. The molecule has 0 aliphatic rings. The van der Waals surface area contributed by atoms with Gasteiger partial charge < -0.3 is 15.0 Å². The second-order valence-corrected chi connectivity index (χ2v) is 7.59. The third-order valence-electron chi connectivity index (χ3n) is 4.32. The monoisotopic (exact) mass is 409 g/mol. The molecule has 1 N–H and O–H groups in total. The smallest absolute Gasteiger partial charge is 0.244 e. The first-order chi connectivity index (χ1) is 14.0. The Labute approximate surface area is 173 Å². The van der Waals surface area contributed by atoms with Gasteiger partial charge in [0.25, 0.3) is 0 Å². The third-order valence-corrected chi connectivity index (χ3v) is 5.34. The first-order valence-corrected chi connectivity index (χ1v) is 10.0. The number of carbonyl (C=O) groups excluding carboxylic acids is 2. The predicted molar refractivity (Wildman–Crippen MR) is 116 cm³/mol. The topological polar surface area (TPSA) is 71.5 Å². The van der Waals surface area contributed by atoms with E-state index in [1.54, 1.807) is 36.5 Å². The average Bonchev–Trinajstić information content (AvgIpc) is 3.14. The van der Waals surface area contributed by atoms with Gasteiger partial charge in [-0.25, -0.2) is 4.98 Å². The molecule has 2 aromatic carbocycles. The molecule has 3 rings (SSSR count). The number of nitrogens with zero attached hydrogens (tertiary/aromatic N) is 2. The molecule has 0 aliphatic heterocycles. The van der Waals surface area contributed by atoms with Crippen molar-refractivity contribution in [2.45, 2.75) is 13.0 Å². The summed E-state index contributed by atoms with van der Waals surface area (Å²) in [4.78, 5) is 30.4. The van der Waals surface area contributed by atoms with Gasteiger partial charge in [-0.1, -0.05) is 24.3 Å². The Morgan fingerprint density at radius 2 is 1.93 bits per heavy atom. The van der Waals surface area contributed by atoms with Gasteiger partial charge >= 0.3 is 0 Å². The van der Waals surface area contributed by atoms with E-state index in [-0.39, 0.29) is 24.8 Å². The van der Waals surface area contributed by atoms with Crippen molar-refractivity contribution in [2.75, 3.05) is 20.7 Å². The molecule has 0 saturated heterocycles. The van der Waals surface area contributed by atoms with Gasteiger partial charge in [0, 0.05) is 26.1 Å². The van der Waals surface area contributed by atoms with E-state index in [1.165, 1.54) is 6.08 Å². The van der Waals surface area contributed by atoms with E-state index in [4.69, 9.17) is 4.74 Å². The Bertz CT molecular complexity index is 979. The zero-order valence-electron chi connectivity index (χ0n) is 16.4. The van der Waals surface area contributed by atoms with Crippen molar-refractivity contribution < 1.29 is 14.3 Å². The lowest BCUT2D eigenvalue weighted by molar-refractivity contribution is -0.130. The van der Waals surface area contributed by atoms with Crippen LogP contribution in [0, 0.1) is 0 Å². The van der Waals surface area contributed by atoms with Crippen molar-refractivity contribution in [3.05, 3.63) is 65.2 Å². The van der Waals surface area contributed by atoms with E-state index in [9.17, 15) is 9.59 Å². The van der Waals surface area contributed by atoms with Crippen LogP contribution in [-0.2, 0) is 16.1 Å². The molecule has 7 heteroatoms. The fourth-order valence-corrected chi connectivity index (χ4v) is 3.73. The van der Waals surface area contributed by atoms with E-state index in [0.717, 1.165) is 26.5 Å². The standard InChI is InChI=1S/C22H23N3O3S/c1-25(15-21-24-18-5-3-4-6-19(18)29-21)22(27)13-14-23-20(26)12-9-16-7-10-17(28-2)11-8-16/h3-12H,13-15H2,1-2H3,(H,23,26)/b12-9+. The zero-order chi connectivity index (χ0) is 20.6. The number of amides is 2. The predicted octanol–water partition coefficient (Wildman–Crippen LogP) is 3.48. The molecule has 0 radical (unpaired) electrons. The van der Waals surface area contributed by atoms with Crippen LogP contribution in [-0.4, -0.2) is 42.4 Å². The van der Waals surface area contributed by atoms with Crippen LogP contribution in [0.15, 0.2) is 54.6 Å². The minimum Gasteiger partial charge on any atom is -0.497 e. The Morgan fingerprint density at radius 1 is 1.17 bits per heavy atom. The lowest BCUT2D eigenvalue weighted by Crippen LogP contribution is -2.31. The van der Waals surface area contributed by atoms with Gasteiger partial charge in [-0.05, 0) is 35.9 Å². The van der Waals surface area contributed by atoms with Crippen molar-refractivity contribution >= 4 is 39.4 Å². The van der Waals surface area contributed by atoms with Crippen molar-refractivity contribution in [3.63, 3.8) is 0 Å². The summed E-state index contributed by atoms with van der Waals surface area (Å²) in [6.07, 6.45) is 3.41. The number of aromatic nitrogens is 1. The summed E-state index contributed by atoms with van der Waals surface area (Å²) in [5, 5.41) is 3.63. The summed E-state index contributed by atoms with van der Waals surface area (Å²) < 4.78 is 6.21. The number of thiazole rings is 1. The molecule has 3 aromatic rings. The van der Waals surface area contributed by atoms with Gasteiger partial charge in [0.1, 0.15) is 10.8 Å². The van der Waals surface area contributed by atoms with Gasteiger partial charge in [0.15, 0.2) is 0 Å². The summed E-state index contributed by atoms with van der Waals surface area (Å²) in [5.74, 6) is 0.492. The molecule has 2 amide bonds. The molecule has 1 aromatic heterocycles. The Kier molecular flexibility index (Phi) is 6.97.